The van der Waals surface area contributed by atoms with Gasteiger partial charge in [-0.15, -0.1) is 0 Å². The molecule has 20 heavy (non-hydrogen) atoms. The van der Waals surface area contributed by atoms with Gasteiger partial charge in [-0.2, -0.15) is 0 Å². The van der Waals surface area contributed by atoms with Crippen molar-refractivity contribution >= 4 is 23.4 Å². The normalized spacial score (nSPS) is 11.3. The van der Waals surface area contributed by atoms with E-state index in [9.17, 15) is 19.2 Å². The molecule has 0 aliphatic heterocycles. The van der Waals surface area contributed by atoms with Crippen LogP contribution in [0, 0.1) is 5.92 Å². The van der Waals surface area contributed by atoms with Crippen LogP contribution in [0.25, 0.3) is 0 Å². The topological polar surface area (TPSA) is 89.5 Å². The van der Waals surface area contributed by atoms with Crippen LogP contribution in [0.5, 0.6) is 0 Å². The number of ketones is 2. The molecule has 1 aromatic carbocycles. The van der Waals surface area contributed by atoms with Crippen molar-refractivity contribution in [3.8, 4) is 0 Å². The molecule has 0 radical (unpaired) electrons. The summed E-state index contributed by atoms with van der Waals surface area (Å²) >= 11 is 0. The molecule has 0 bridgehead atoms. The quantitative estimate of drug-likeness (QED) is 0.457. The summed E-state index contributed by atoms with van der Waals surface area (Å²) in [4.78, 5) is 46.0. The monoisotopic (exact) mass is 277 g/mol. The lowest BCUT2D eigenvalue weighted by Gasteiger charge is -2.11. The number of hydrogen-bond donors (Lipinski definition) is 1. The summed E-state index contributed by atoms with van der Waals surface area (Å²) in [5, 5.41) is 2.45. The first-order valence-electron chi connectivity index (χ1n) is 5.91. The Bertz CT molecular complexity index is 524. The summed E-state index contributed by atoms with van der Waals surface area (Å²) in [6.45, 7) is 1.24. The van der Waals surface area contributed by atoms with E-state index >= 15 is 0 Å². The Balaban J connectivity index is 2.73. The number of hydrogen-bond acceptors (Lipinski definition) is 5. The van der Waals surface area contributed by atoms with Crippen molar-refractivity contribution < 1.29 is 23.9 Å². The fraction of sp³-hybridized carbons (Fsp3) is 0.286. The zero-order valence-corrected chi connectivity index (χ0v) is 11.2. The third-order valence-corrected chi connectivity index (χ3v) is 2.63. The molecular formula is C14H15NO5. The number of methoxy groups -OCH3 is 1. The summed E-state index contributed by atoms with van der Waals surface area (Å²) in [7, 11) is 1.01. The number of ether oxygens (including phenoxy) is 1. The molecule has 0 spiro atoms. The van der Waals surface area contributed by atoms with Crippen LogP contribution in [0.1, 0.15) is 12.5 Å². The largest absolute Gasteiger partial charge is 0.463 e. The van der Waals surface area contributed by atoms with Gasteiger partial charge in [0.05, 0.1) is 7.11 Å². The number of nitrogens with one attached hydrogen (secondary N) is 1. The van der Waals surface area contributed by atoms with Gasteiger partial charge in [0.2, 0.25) is 5.91 Å². The van der Waals surface area contributed by atoms with Crippen LogP contribution < -0.4 is 5.32 Å². The molecular weight excluding hydrogens is 262 g/mol. The van der Waals surface area contributed by atoms with Gasteiger partial charge in [0, 0.05) is 6.54 Å². The van der Waals surface area contributed by atoms with E-state index in [1.807, 2.05) is 6.07 Å². The maximum Gasteiger partial charge on any atom is 0.375 e. The van der Waals surface area contributed by atoms with Gasteiger partial charge in [-0.25, -0.2) is 4.79 Å². The van der Waals surface area contributed by atoms with Crippen molar-refractivity contribution in [2.75, 3.05) is 7.11 Å². The second-order valence-electron chi connectivity index (χ2n) is 4.10. The average molecular weight is 277 g/mol. The summed E-state index contributed by atoms with van der Waals surface area (Å²) in [6, 6.07) is 8.98. The van der Waals surface area contributed by atoms with Gasteiger partial charge < -0.3 is 10.1 Å². The fourth-order valence-corrected chi connectivity index (χ4v) is 1.59. The van der Waals surface area contributed by atoms with Crippen LogP contribution in [0.4, 0.5) is 0 Å². The third kappa shape index (κ3) is 4.01. The maximum absolute atomic E-state index is 11.9. The molecule has 1 rings (SSSR count). The van der Waals surface area contributed by atoms with Gasteiger partial charge in [0.15, 0.2) is 5.92 Å². The van der Waals surface area contributed by atoms with Gasteiger partial charge in [0.1, 0.15) is 5.78 Å². The van der Waals surface area contributed by atoms with Gasteiger partial charge in [-0.1, -0.05) is 30.3 Å². The Morgan fingerprint density at radius 3 is 2.25 bits per heavy atom. The molecule has 1 amide bonds. The SMILES string of the molecule is COC(=O)C(=O)C(C(C)=O)C(=O)NCc1ccccc1. The molecule has 0 aliphatic rings. The molecule has 6 nitrogen and oxygen atoms in total. The van der Waals surface area contributed by atoms with Crippen molar-refractivity contribution in [1.29, 1.82) is 0 Å². The Hall–Kier alpha value is -2.50. The van der Waals surface area contributed by atoms with Gasteiger partial charge in [-0.05, 0) is 12.5 Å². The summed E-state index contributed by atoms with van der Waals surface area (Å²) in [5.41, 5.74) is 0.814. The molecule has 1 aromatic rings. The van der Waals surface area contributed by atoms with E-state index in [0.29, 0.717) is 0 Å². The Labute approximate surface area is 116 Å². The molecule has 1 atom stereocenters. The van der Waals surface area contributed by atoms with Crippen molar-refractivity contribution in [3.63, 3.8) is 0 Å². The molecule has 1 unspecified atom stereocenters. The predicted octanol–water partition coefficient (Wildman–Crippen LogP) is 0.250. The standard InChI is InChI=1S/C14H15NO5/c1-9(16)11(12(17)14(19)20-2)13(18)15-8-10-6-4-3-5-7-10/h3-7,11H,8H2,1-2H3,(H,15,18). The maximum atomic E-state index is 11.9. The molecule has 0 aliphatic carbocycles. The zero-order chi connectivity index (χ0) is 15.1. The van der Waals surface area contributed by atoms with E-state index < -0.39 is 29.4 Å². The highest BCUT2D eigenvalue weighted by atomic mass is 16.5. The van der Waals surface area contributed by atoms with E-state index in [1.54, 1.807) is 24.3 Å². The second kappa shape index (κ2) is 7.18. The van der Waals surface area contributed by atoms with Crippen molar-refractivity contribution in [2.45, 2.75) is 13.5 Å². The summed E-state index contributed by atoms with van der Waals surface area (Å²) < 4.78 is 4.24. The summed E-state index contributed by atoms with van der Waals surface area (Å²) in [5.74, 6) is -5.54. The molecule has 0 heterocycles. The Morgan fingerprint density at radius 2 is 1.75 bits per heavy atom. The van der Waals surface area contributed by atoms with E-state index in [1.165, 1.54) is 0 Å². The Kier molecular flexibility index (Phi) is 5.58. The van der Waals surface area contributed by atoms with E-state index in [0.717, 1.165) is 19.6 Å². The van der Waals surface area contributed by atoms with E-state index in [-0.39, 0.29) is 6.54 Å². The van der Waals surface area contributed by atoms with Gasteiger partial charge >= 0.3 is 5.97 Å². The van der Waals surface area contributed by atoms with Crippen LogP contribution >= 0.6 is 0 Å². The number of esters is 1. The minimum Gasteiger partial charge on any atom is -0.463 e. The first-order valence-corrected chi connectivity index (χ1v) is 5.91. The molecule has 0 fully saturated rings. The lowest BCUT2D eigenvalue weighted by atomic mass is 9.98. The predicted molar refractivity (Wildman–Crippen MR) is 69.5 cm³/mol. The number of rotatable bonds is 6. The number of Topliss-reactive ketones (excluding diaryl/α,β-unsaturated/α-hetero) is 2. The molecule has 1 N–H and O–H groups in total. The van der Waals surface area contributed by atoms with Crippen LogP contribution in [-0.2, 0) is 30.5 Å². The van der Waals surface area contributed by atoms with Crippen molar-refractivity contribution in [2.24, 2.45) is 5.92 Å². The first kappa shape index (κ1) is 15.6. The Morgan fingerprint density at radius 1 is 1.15 bits per heavy atom. The van der Waals surface area contributed by atoms with Gasteiger partial charge in [0.25, 0.3) is 5.78 Å². The highest BCUT2D eigenvalue weighted by molar-refractivity contribution is 6.43. The number of carbonyl (C=O) groups excluding carboxylic acids is 4. The lowest BCUT2D eigenvalue weighted by molar-refractivity contribution is -0.157. The van der Waals surface area contributed by atoms with Crippen LogP contribution in [0.15, 0.2) is 30.3 Å². The minimum absolute atomic E-state index is 0.165. The van der Waals surface area contributed by atoms with Crippen molar-refractivity contribution in [3.05, 3.63) is 35.9 Å². The molecule has 106 valence electrons. The zero-order valence-electron chi connectivity index (χ0n) is 11.2. The highest BCUT2D eigenvalue weighted by Gasteiger charge is 2.36. The number of amides is 1. The van der Waals surface area contributed by atoms with Crippen LogP contribution in [0.2, 0.25) is 0 Å². The van der Waals surface area contributed by atoms with Crippen LogP contribution in [0.3, 0.4) is 0 Å². The number of benzene rings is 1. The number of carbonyl (C=O) groups is 4. The average Bonchev–Trinajstić information content (AvgIpc) is 2.45. The third-order valence-electron chi connectivity index (χ3n) is 2.63. The van der Waals surface area contributed by atoms with E-state index in [2.05, 4.69) is 10.1 Å². The summed E-state index contributed by atoms with van der Waals surface area (Å²) in [6.07, 6.45) is 0. The van der Waals surface area contributed by atoms with Gasteiger partial charge in [-0.3, -0.25) is 14.4 Å². The fourth-order valence-electron chi connectivity index (χ4n) is 1.59. The molecule has 0 saturated carbocycles. The second-order valence-corrected chi connectivity index (χ2v) is 4.10. The molecule has 0 saturated heterocycles. The minimum atomic E-state index is -1.66. The van der Waals surface area contributed by atoms with Crippen LogP contribution in [-0.4, -0.2) is 30.6 Å². The highest BCUT2D eigenvalue weighted by Crippen LogP contribution is 2.04. The first-order chi connectivity index (χ1) is 9.47. The smallest absolute Gasteiger partial charge is 0.375 e. The molecule has 6 heteroatoms. The van der Waals surface area contributed by atoms with Crippen molar-refractivity contribution in [1.82, 2.24) is 5.32 Å². The lowest BCUT2D eigenvalue weighted by Crippen LogP contribution is -2.42. The molecule has 0 aromatic heterocycles. The van der Waals surface area contributed by atoms with E-state index in [4.69, 9.17) is 0 Å².